The maximum Gasteiger partial charge on any atom is 0.234 e. The van der Waals surface area contributed by atoms with Gasteiger partial charge in [0.1, 0.15) is 0 Å². The summed E-state index contributed by atoms with van der Waals surface area (Å²) in [5.41, 5.74) is 2.39. The molecule has 0 saturated carbocycles. The highest BCUT2D eigenvalue weighted by Crippen LogP contribution is 2.25. The highest BCUT2D eigenvalue weighted by Gasteiger charge is 2.30. The number of nitrogens with zero attached hydrogens (tertiary/aromatic N) is 2. The van der Waals surface area contributed by atoms with Crippen LogP contribution in [-0.4, -0.2) is 34.6 Å². The molecule has 1 aliphatic rings. The first-order valence-electron chi connectivity index (χ1n) is 6.87. The second-order valence-corrected chi connectivity index (χ2v) is 5.19. The fraction of sp³-hybridized carbons (Fsp3) is 0.467. The third kappa shape index (κ3) is 2.73. The summed E-state index contributed by atoms with van der Waals surface area (Å²) in [5.74, 6) is 0.912. The van der Waals surface area contributed by atoms with Crippen molar-refractivity contribution in [3.8, 4) is 0 Å². The minimum atomic E-state index is -0.462. The first kappa shape index (κ1) is 13.3. The van der Waals surface area contributed by atoms with Gasteiger partial charge in [0.2, 0.25) is 5.89 Å². The molecule has 20 heavy (non-hydrogen) atoms. The van der Waals surface area contributed by atoms with Gasteiger partial charge >= 0.3 is 0 Å². The molecule has 0 radical (unpaired) electrons. The SMILES string of the molecule is Cc1ccccc1Cc1noc(C2COCCC2O)n1. The fourth-order valence-corrected chi connectivity index (χ4v) is 2.43. The van der Waals surface area contributed by atoms with E-state index in [4.69, 9.17) is 9.26 Å². The molecule has 0 spiro atoms. The van der Waals surface area contributed by atoms with E-state index in [1.807, 2.05) is 12.1 Å². The number of ether oxygens (including phenoxy) is 1. The number of hydrogen-bond donors (Lipinski definition) is 1. The second-order valence-electron chi connectivity index (χ2n) is 5.19. The molecule has 1 saturated heterocycles. The van der Waals surface area contributed by atoms with Gasteiger partial charge in [-0.25, -0.2) is 0 Å². The molecule has 1 N–H and O–H groups in total. The molecule has 1 aromatic heterocycles. The largest absolute Gasteiger partial charge is 0.392 e. The standard InChI is InChI=1S/C15H18N2O3/c1-10-4-2-3-5-11(10)8-14-16-15(20-17-14)12-9-19-7-6-13(12)18/h2-5,12-13,18H,6-9H2,1H3. The van der Waals surface area contributed by atoms with Crippen molar-refractivity contribution in [2.24, 2.45) is 0 Å². The summed E-state index contributed by atoms with van der Waals surface area (Å²) in [6, 6.07) is 8.14. The van der Waals surface area contributed by atoms with Gasteiger partial charge in [0.15, 0.2) is 5.82 Å². The van der Waals surface area contributed by atoms with E-state index in [1.165, 1.54) is 11.1 Å². The van der Waals surface area contributed by atoms with Gasteiger partial charge in [-0.3, -0.25) is 0 Å². The maximum absolute atomic E-state index is 9.96. The van der Waals surface area contributed by atoms with E-state index in [0.717, 1.165) is 0 Å². The highest BCUT2D eigenvalue weighted by atomic mass is 16.5. The number of rotatable bonds is 3. The van der Waals surface area contributed by atoms with E-state index >= 15 is 0 Å². The summed E-state index contributed by atoms with van der Waals surface area (Å²) in [4.78, 5) is 4.40. The van der Waals surface area contributed by atoms with Crippen molar-refractivity contribution in [3.63, 3.8) is 0 Å². The zero-order valence-electron chi connectivity index (χ0n) is 11.5. The van der Waals surface area contributed by atoms with Crippen LogP contribution in [0.15, 0.2) is 28.8 Å². The van der Waals surface area contributed by atoms with E-state index in [1.54, 1.807) is 0 Å². The molecule has 0 bridgehead atoms. The van der Waals surface area contributed by atoms with Crippen LogP contribution in [0.5, 0.6) is 0 Å². The molecular weight excluding hydrogens is 256 g/mol. The zero-order chi connectivity index (χ0) is 13.9. The summed E-state index contributed by atoms with van der Waals surface area (Å²) in [6.45, 7) is 3.09. The molecular formula is C15H18N2O3. The van der Waals surface area contributed by atoms with Gasteiger partial charge in [0, 0.05) is 13.0 Å². The van der Waals surface area contributed by atoms with Crippen LogP contribution in [0.4, 0.5) is 0 Å². The van der Waals surface area contributed by atoms with Gasteiger partial charge in [-0.1, -0.05) is 29.4 Å². The topological polar surface area (TPSA) is 68.4 Å². The van der Waals surface area contributed by atoms with Crippen LogP contribution in [0.3, 0.4) is 0 Å². The molecule has 106 valence electrons. The van der Waals surface area contributed by atoms with Crippen molar-refractivity contribution in [1.29, 1.82) is 0 Å². The Morgan fingerprint density at radius 1 is 1.35 bits per heavy atom. The third-order valence-electron chi connectivity index (χ3n) is 3.73. The minimum absolute atomic E-state index is 0.207. The van der Waals surface area contributed by atoms with Gasteiger partial charge in [-0.15, -0.1) is 0 Å². The van der Waals surface area contributed by atoms with Gasteiger partial charge in [0.25, 0.3) is 0 Å². The number of aliphatic hydroxyl groups is 1. The molecule has 1 aromatic carbocycles. The van der Waals surface area contributed by atoms with Gasteiger partial charge in [-0.05, 0) is 24.5 Å². The summed E-state index contributed by atoms with van der Waals surface area (Å²) in [6.07, 6.45) is 0.788. The van der Waals surface area contributed by atoms with Gasteiger partial charge < -0.3 is 14.4 Å². The number of aromatic nitrogens is 2. The van der Waals surface area contributed by atoms with Gasteiger partial charge in [0.05, 0.1) is 18.6 Å². The number of aliphatic hydroxyl groups excluding tert-OH is 1. The van der Waals surface area contributed by atoms with Crippen molar-refractivity contribution in [2.45, 2.75) is 31.8 Å². The van der Waals surface area contributed by atoms with E-state index in [9.17, 15) is 5.11 Å². The van der Waals surface area contributed by atoms with Crippen LogP contribution in [0.1, 0.15) is 35.2 Å². The van der Waals surface area contributed by atoms with Crippen LogP contribution in [0.25, 0.3) is 0 Å². The van der Waals surface area contributed by atoms with Crippen LogP contribution in [0.2, 0.25) is 0 Å². The van der Waals surface area contributed by atoms with Crippen LogP contribution >= 0.6 is 0 Å². The molecule has 5 nitrogen and oxygen atoms in total. The van der Waals surface area contributed by atoms with Crippen molar-refractivity contribution in [3.05, 3.63) is 47.1 Å². The van der Waals surface area contributed by atoms with Crippen LogP contribution < -0.4 is 0 Å². The Labute approximate surface area is 117 Å². The molecule has 1 fully saturated rings. The molecule has 0 aliphatic carbocycles. The van der Waals surface area contributed by atoms with Crippen LogP contribution in [-0.2, 0) is 11.2 Å². The lowest BCUT2D eigenvalue weighted by molar-refractivity contribution is -0.0149. The molecule has 5 heteroatoms. The fourth-order valence-electron chi connectivity index (χ4n) is 2.43. The Hall–Kier alpha value is -1.72. The molecule has 2 aromatic rings. The quantitative estimate of drug-likeness (QED) is 0.924. The molecule has 2 atom stereocenters. The third-order valence-corrected chi connectivity index (χ3v) is 3.73. The zero-order valence-corrected chi connectivity index (χ0v) is 11.5. The Kier molecular flexibility index (Phi) is 3.80. The second kappa shape index (κ2) is 5.73. The molecule has 2 heterocycles. The summed E-state index contributed by atoms with van der Waals surface area (Å²) < 4.78 is 10.7. The molecule has 0 amide bonds. The Bertz CT molecular complexity index is 582. The summed E-state index contributed by atoms with van der Waals surface area (Å²) in [7, 11) is 0. The molecule has 3 rings (SSSR count). The number of aryl methyl sites for hydroxylation is 1. The summed E-state index contributed by atoms with van der Waals surface area (Å²) >= 11 is 0. The van der Waals surface area contributed by atoms with Crippen molar-refractivity contribution in [1.82, 2.24) is 10.1 Å². The van der Waals surface area contributed by atoms with Crippen LogP contribution in [0, 0.1) is 6.92 Å². The normalized spacial score (nSPS) is 22.9. The number of benzene rings is 1. The predicted octanol–water partition coefficient (Wildman–Crippen LogP) is 1.83. The highest BCUT2D eigenvalue weighted by molar-refractivity contribution is 5.28. The van der Waals surface area contributed by atoms with E-state index in [2.05, 4.69) is 29.2 Å². The Morgan fingerprint density at radius 3 is 3.00 bits per heavy atom. The van der Waals surface area contributed by atoms with Crippen molar-refractivity contribution < 1.29 is 14.4 Å². The average Bonchev–Trinajstić information content (AvgIpc) is 2.90. The summed E-state index contributed by atoms with van der Waals surface area (Å²) in [5, 5.41) is 14.0. The molecule has 1 aliphatic heterocycles. The average molecular weight is 274 g/mol. The van der Waals surface area contributed by atoms with E-state index in [0.29, 0.717) is 37.8 Å². The van der Waals surface area contributed by atoms with Crippen molar-refractivity contribution in [2.75, 3.05) is 13.2 Å². The van der Waals surface area contributed by atoms with E-state index in [-0.39, 0.29) is 5.92 Å². The lowest BCUT2D eigenvalue weighted by atomic mass is 9.99. The Morgan fingerprint density at radius 2 is 2.20 bits per heavy atom. The first-order chi connectivity index (χ1) is 9.74. The molecule has 2 unspecified atom stereocenters. The predicted molar refractivity (Wildman–Crippen MR) is 72.5 cm³/mol. The minimum Gasteiger partial charge on any atom is -0.392 e. The lowest BCUT2D eigenvalue weighted by Gasteiger charge is -2.24. The number of hydrogen-bond acceptors (Lipinski definition) is 5. The maximum atomic E-state index is 9.96. The first-order valence-corrected chi connectivity index (χ1v) is 6.87. The van der Waals surface area contributed by atoms with E-state index < -0.39 is 6.10 Å². The Balaban J connectivity index is 1.75. The monoisotopic (exact) mass is 274 g/mol. The van der Waals surface area contributed by atoms with Crippen molar-refractivity contribution >= 4 is 0 Å². The smallest absolute Gasteiger partial charge is 0.234 e. The van der Waals surface area contributed by atoms with Gasteiger partial charge in [-0.2, -0.15) is 4.98 Å². The lowest BCUT2D eigenvalue weighted by Crippen LogP contribution is -2.30.